The smallest absolute Gasteiger partial charge is 0.119 e. The van der Waals surface area contributed by atoms with Gasteiger partial charge in [-0.1, -0.05) is 25.0 Å². The summed E-state index contributed by atoms with van der Waals surface area (Å²) in [6.45, 7) is 4.59. The average Bonchev–Trinajstić information content (AvgIpc) is 3.10. The van der Waals surface area contributed by atoms with Gasteiger partial charge in [0.05, 0.1) is 7.11 Å². The zero-order valence-corrected chi connectivity index (χ0v) is 14.3. The van der Waals surface area contributed by atoms with Crippen molar-refractivity contribution in [2.45, 2.75) is 50.7 Å². The number of aliphatic hydroxyl groups is 1. The maximum Gasteiger partial charge on any atom is 0.119 e. The number of methoxy groups -OCH3 is 1. The summed E-state index contributed by atoms with van der Waals surface area (Å²) < 4.78 is 5.33. The molecule has 0 unspecified atom stereocenters. The van der Waals surface area contributed by atoms with Crippen molar-refractivity contribution in [3.8, 4) is 5.75 Å². The van der Waals surface area contributed by atoms with Crippen LogP contribution in [-0.2, 0) is 6.54 Å². The van der Waals surface area contributed by atoms with Crippen LogP contribution in [0.2, 0.25) is 0 Å². The van der Waals surface area contributed by atoms with Crippen molar-refractivity contribution < 1.29 is 9.84 Å². The molecule has 23 heavy (non-hydrogen) atoms. The number of rotatable bonds is 6. The van der Waals surface area contributed by atoms with Gasteiger partial charge in [0.25, 0.3) is 0 Å². The predicted octanol–water partition coefficient (Wildman–Crippen LogP) is 2.51. The summed E-state index contributed by atoms with van der Waals surface area (Å²) in [5.41, 5.74) is 1.31. The van der Waals surface area contributed by atoms with E-state index < -0.39 is 0 Å². The molecule has 2 aliphatic rings. The lowest BCUT2D eigenvalue weighted by Crippen LogP contribution is -2.55. The Balaban J connectivity index is 1.61. The molecule has 1 aliphatic heterocycles. The largest absolute Gasteiger partial charge is 0.497 e. The van der Waals surface area contributed by atoms with Gasteiger partial charge in [0, 0.05) is 44.9 Å². The highest BCUT2D eigenvalue weighted by Crippen LogP contribution is 2.28. The first-order valence-corrected chi connectivity index (χ1v) is 9.02. The Morgan fingerprint density at radius 3 is 2.78 bits per heavy atom. The van der Waals surface area contributed by atoms with E-state index in [0.717, 1.165) is 44.4 Å². The van der Waals surface area contributed by atoms with Gasteiger partial charge in [0.15, 0.2) is 0 Å². The summed E-state index contributed by atoms with van der Waals surface area (Å²) in [4.78, 5) is 5.21. The first kappa shape index (κ1) is 16.7. The van der Waals surface area contributed by atoms with Gasteiger partial charge >= 0.3 is 0 Å². The highest BCUT2D eigenvalue weighted by Gasteiger charge is 2.32. The second-order valence-corrected chi connectivity index (χ2v) is 6.93. The molecule has 0 spiro atoms. The second-order valence-electron chi connectivity index (χ2n) is 6.93. The van der Waals surface area contributed by atoms with E-state index in [2.05, 4.69) is 28.0 Å². The van der Waals surface area contributed by atoms with Crippen molar-refractivity contribution in [1.29, 1.82) is 0 Å². The molecule has 1 saturated heterocycles. The first-order valence-electron chi connectivity index (χ1n) is 9.02. The van der Waals surface area contributed by atoms with Gasteiger partial charge in [0.2, 0.25) is 0 Å². The third-order valence-electron chi connectivity index (χ3n) is 5.41. The van der Waals surface area contributed by atoms with E-state index in [1.54, 1.807) is 7.11 Å². The van der Waals surface area contributed by atoms with Crippen LogP contribution < -0.4 is 4.74 Å². The molecule has 1 aliphatic carbocycles. The summed E-state index contributed by atoms with van der Waals surface area (Å²) in [5, 5.41) is 9.46. The molecule has 0 bridgehead atoms. The summed E-state index contributed by atoms with van der Waals surface area (Å²) >= 11 is 0. The molecule has 1 N–H and O–H groups in total. The fourth-order valence-corrected chi connectivity index (χ4v) is 4.23. The quantitative estimate of drug-likeness (QED) is 0.874. The molecular weight excluding hydrogens is 288 g/mol. The molecule has 4 nitrogen and oxygen atoms in total. The molecule has 1 aromatic rings. The molecule has 0 amide bonds. The van der Waals surface area contributed by atoms with E-state index in [9.17, 15) is 5.11 Å². The number of hydrogen-bond acceptors (Lipinski definition) is 4. The van der Waals surface area contributed by atoms with Crippen LogP contribution in [0.3, 0.4) is 0 Å². The molecule has 3 rings (SSSR count). The van der Waals surface area contributed by atoms with Gasteiger partial charge in [0.1, 0.15) is 5.75 Å². The van der Waals surface area contributed by atoms with E-state index in [4.69, 9.17) is 4.74 Å². The maximum absolute atomic E-state index is 9.46. The Kier molecular flexibility index (Phi) is 5.92. The van der Waals surface area contributed by atoms with E-state index in [0.29, 0.717) is 12.6 Å². The van der Waals surface area contributed by atoms with Gasteiger partial charge in [-0.3, -0.25) is 9.80 Å². The highest BCUT2D eigenvalue weighted by atomic mass is 16.5. The Morgan fingerprint density at radius 2 is 2.04 bits per heavy atom. The maximum atomic E-state index is 9.46. The number of benzene rings is 1. The number of aliphatic hydroxyl groups excluding tert-OH is 1. The average molecular weight is 318 g/mol. The summed E-state index contributed by atoms with van der Waals surface area (Å²) in [6.07, 6.45) is 6.34. The van der Waals surface area contributed by atoms with Crippen LogP contribution in [0.5, 0.6) is 5.75 Å². The Bertz CT molecular complexity index is 488. The molecule has 0 radical (unpaired) electrons. The van der Waals surface area contributed by atoms with Crippen LogP contribution in [0.4, 0.5) is 0 Å². The van der Waals surface area contributed by atoms with E-state index >= 15 is 0 Å². The fraction of sp³-hybridized carbons (Fsp3) is 0.684. The van der Waals surface area contributed by atoms with E-state index in [-0.39, 0.29) is 0 Å². The number of ether oxygens (including phenoxy) is 1. The van der Waals surface area contributed by atoms with Crippen molar-refractivity contribution in [2.24, 2.45) is 0 Å². The summed E-state index contributed by atoms with van der Waals surface area (Å²) in [5.74, 6) is 0.930. The molecular formula is C19H30N2O2. The number of piperazine rings is 1. The van der Waals surface area contributed by atoms with Gasteiger partial charge < -0.3 is 9.84 Å². The van der Waals surface area contributed by atoms with Gasteiger partial charge in [-0.05, 0) is 37.0 Å². The zero-order valence-electron chi connectivity index (χ0n) is 14.3. The lowest BCUT2D eigenvalue weighted by Gasteiger charge is -2.44. The highest BCUT2D eigenvalue weighted by molar-refractivity contribution is 5.28. The van der Waals surface area contributed by atoms with Crippen LogP contribution in [0, 0.1) is 0 Å². The third kappa shape index (κ3) is 4.25. The van der Waals surface area contributed by atoms with Crippen molar-refractivity contribution in [3.63, 3.8) is 0 Å². The van der Waals surface area contributed by atoms with E-state index in [1.807, 2.05) is 6.07 Å². The molecule has 1 atom stereocenters. The third-order valence-corrected chi connectivity index (χ3v) is 5.41. The van der Waals surface area contributed by atoms with Crippen LogP contribution in [0.15, 0.2) is 24.3 Å². The molecule has 128 valence electrons. The van der Waals surface area contributed by atoms with Crippen LogP contribution in [0.1, 0.15) is 37.7 Å². The monoisotopic (exact) mass is 318 g/mol. The SMILES string of the molecule is COc1cccc(CN2CCN(C3CCCC3)[C@@H](CCO)C2)c1. The van der Waals surface area contributed by atoms with Crippen LogP contribution >= 0.6 is 0 Å². The Labute approximate surface area is 140 Å². The van der Waals surface area contributed by atoms with Gasteiger partial charge in [-0.25, -0.2) is 0 Å². The first-order chi connectivity index (χ1) is 11.3. The molecule has 2 fully saturated rings. The van der Waals surface area contributed by atoms with Crippen molar-refractivity contribution >= 4 is 0 Å². The predicted molar refractivity (Wildman–Crippen MR) is 92.7 cm³/mol. The van der Waals surface area contributed by atoms with Crippen LogP contribution in [0.25, 0.3) is 0 Å². The molecule has 0 aromatic heterocycles. The lowest BCUT2D eigenvalue weighted by atomic mass is 10.0. The Morgan fingerprint density at radius 1 is 1.22 bits per heavy atom. The van der Waals surface area contributed by atoms with Crippen molar-refractivity contribution in [3.05, 3.63) is 29.8 Å². The summed E-state index contributed by atoms with van der Waals surface area (Å²) in [6, 6.07) is 9.62. The lowest BCUT2D eigenvalue weighted by molar-refractivity contribution is 0.0267. The van der Waals surface area contributed by atoms with Crippen molar-refractivity contribution in [1.82, 2.24) is 9.80 Å². The molecule has 1 saturated carbocycles. The number of hydrogen-bond donors (Lipinski definition) is 1. The topological polar surface area (TPSA) is 35.9 Å². The minimum absolute atomic E-state index is 0.293. The fourth-order valence-electron chi connectivity index (χ4n) is 4.23. The molecule has 1 aromatic carbocycles. The normalized spacial score (nSPS) is 24.2. The zero-order chi connectivity index (χ0) is 16.1. The van der Waals surface area contributed by atoms with Crippen LogP contribution in [-0.4, -0.2) is 60.3 Å². The Hall–Kier alpha value is -1.10. The van der Waals surface area contributed by atoms with Gasteiger partial charge in [-0.15, -0.1) is 0 Å². The number of nitrogens with zero attached hydrogens (tertiary/aromatic N) is 2. The summed E-state index contributed by atoms with van der Waals surface area (Å²) in [7, 11) is 1.72. The second kappa shape index (κ2) is 8.13. The minimum Gasteiger partial charge on any atom is -0.497 e. The minimum atomic E-state index is 0.293. The van der Waals surface area contributed by atoms with E-state index in [1.165, 1.54) is 31.2 Å². The standard InChI is InChI=1S/C19H30N2O2/c1-23-19-8-4-5-16(13-19)14-20-10-11-21(17-6-2-3-7-17)18(15-20)9-12-22/h4-5,8,13,17-18,22H,2-3,6-7,9-12,14-15H2,1H3/t18-/m0/s1. The molecule has 4 heteroatoms. The molecule has 1 heterocycles. The van der Waals surface area contributed by atoms with Crippen molar-refractivity contribution in [2.75, 3.05) is 33.4 Å². The van der Waals surface area contributed by atoms with Gasteiger partial charge in [-0.2, -0.15) is 0 Å².